The molecule has 4 aromatic rings. The maximum absolute atomic E-state index is 12.8. The summed E-state index contributed by atoms with van der Waals surface area (Å²) in [7, 11) is 0. The van der Waals surface area contributed by atoms with Gasteiger partial charge in [-0.05, 0) is 72.7 Å². The molecule has 0 unspecified atom stereocenters. The van der Waals surface area contributed by atoms with E-state index in [1.54, 1.807) is 12.4 Å². The molecule has 182 valence electrons. The van der Waals surface area contributed by atoms with Gasteiger partial charge in [-0.15, -0.1) is 0 Å². The van der Waals surface area contributed by atoms with Crippen LogP contribution in [-0.4, -0.2) is 37.0 Å². The summed E-state index contributed by atoms with van der Waals surface area (Å²) in [5.74, 6) is -0.0471. The lowest BCUT2D eigenvalue weighted by atomic mass is 10.0. The molecule has 1 aliphatic heterocycles. The van der Waals surface area contributed by atoms with Gasteiger partial charge in [-0.1, -0.05) is 24.3 Å². The number of thiocarbonyl (C=S) groups is 1. The molecular formula is C28H28N6OS. The quantitative estimate of drug-likeness (QED) is 0.346. The van der Waals surface area contributed by atoms with Gasteiger partial charge in [0.15, 0.2) is 5.11 Å². The molecule has 0 radical (unpaired) electrons. The average Bonchev–Trinajstić information content (AvgIpc) is 3.47. The summed E-state index contributed by atoms with van der Waals surface area (Å²) in [6, 6.07) is 21.6. The molecule has 1 amide bonds. The Morgan fingerprint density at radius 1 is 1.08 bits per heavy atom. The minimum atomic E-state index is -0.138. The lowest BCUT2D eigenvalue weighted by Crippen LogP contribution is -2.33. The molecule has 7 nitrogen and oxygen atoms in total. The number of anilines is 1. The highest BCUT2D eigenvalue weighted by Crippen LogP contribution is 2.39. The Kier molecular flexibility index (Phi) is 7.04. The summed E-state index contributed by atoms with van der Waals surface area (Å²) >= 11 is 5.78. The van der Waals surface area contributed by atoms with E-state index >= 15 is 0 Å². The Morgan fingerprint density at radius 2 is 2.00 bits per heavy atom. The number of carbonyl (C=O) groups excluding carboxylic acids is 1. The van der Waals surface area contributed by atoms with Crippen molar-refractivity contribution in [1.29, 1.82) is 0 Å². The Balaban J connectivity index is 1.40. The molecule has 8 heteroatoms. The number of nitrogens with one attached hydrogen (secondary N) is 2. The lowest BCUT2D eigenvalue weighted by Gasteiger charge is -2.29. The van der Waals surface area contributed by atoms with Gasteiger partial charge in [0, 0.05) is 55.7 Å². The first kappa shape index (κ1) is 23.7. The average molecular weight is 497 g/mol. The third-order valence-electron chi connectivity index (χ3n) is 6.32. The molecule has 5 rings (SSSR count). The van der Waals surface area contributed by atoms with Crippen molar-refractivity contribution in [3.8, 4) is 0 Å². The van der Waals surface area contributed by atoms with Crippen LogP contribution in [0.25, 0.3) is 0 Å². The fourth-order valence-corrected chi connectivity index (χ4v) is 5.00. The van der Waals surface area contributed by atoms with E-state index in [9.17, 15) is 4.79 Å². The van der Waals surface area contributed by atoms with Crippen molar-refractivity contribution < 1.29 is 4.79 Å². The molecule has 0 spiro atoms. The first-order valence-electron chi connectivity index (χ1n) is 12.0. The van der Waals surface area contributed by atoms with Crippen molar-refractivity contribution in [3.05, 3.63) is 114 Å². The first-order valence-corrected chi connectivity index (χ1v) is 12.4. The van der Waals surface area contributed by atoms with E-state index in [4.69, 9.17) is 12.2 Å². The molecule has 4 heterocycles. The van der Waals surface area contributed by atoms with Crippen LogP contribution >= 0.6 is 12.2 Å². The molecule has 0 bridgehead atoms. The summed E-state index contributed by atoms with van der Waals surface area (Å²) in [6.07, 6.45) is 7.83. The molecule has 1 fully saturated rings. The normalized spacial score (nSPS) is 17.1. The van der Waals surface area contributed by atoms with Crippen molar-refractivity contribution in [3.63, 3.8) is 0 Å². The largest absolute Gasteiger partial charge is 0.352 e. The van der Waals surface area contributed by atoms with Crippen LogP contribution in [0.3, 0.4) is 0 Å². The summed E-state index contributed by atoms with van der Waals surface area (Å²) in [5.41, 5.74) is 5.02. The van der Waals surface area contributed by atoms with Crippen LogP contribution in [0.15, 0.2) is 91.5 Å². The van der Waals surface area contributed by atoms with Gasteiger partial charge in [0.05, 0.1) is 17.8 Å². The predicted octanol–water partition coefficient (Wildman–Crippen LogP) is 4.64. The zero-order valence-electron chi connectivity index (χ0n) is 20.0. The Hall–Kier alpha value is -4.04. The first-order chi connectivity index (χ1) is 17.6. The summed E-state index contributed by atoms with van der Waals surface area (Å²) in [5, 5.41) is 7.09. The van der Waals surface area contributed by atoms with Gasteiger partial charge in [-0.25, -0.2) is 0 Å². The maximum atomic E-state index is 12.8. The highest BCUT2D eigenvalue weighted by Gasteiger charge is 2.41. The van der Waals surface area contributed by atoms with E-state index in [0.717, 1.165) is 28.2 Å². The van der Waals surface area contributed by atoms with Crippen LogP contribution in [0.5, 0.6) is 0 Å². The monoisotopic (exact) mass is 496 g/mol. The summed E-state index contributed by atoms with van der Waals surface area (Å²) < 4.78 is 2.22. The van der Waals surface area contributed by atoms with Crippen LogP contribution in [0, 0.1) is 6.92 Å². The SMILES string of the molecule is Cc1cccc(NC(=O)CCN2C(=S)N[C@H](c3ccccn3)[C@@H]2c2cccn2Cc2cccnc2)c1. The van der Waals surface area contributed by atoms with Crippen LogP contribution < -0.4 is 10.6 Å². The molecule has 2 atom stereocenters. The minimum absolute atomic E-state index is 0.0471. The van der Waals surface area contributed by atoms with Gasteiger partial charge >= 0.3 is 0 Å². The molecule has 1 aliphatic rings. The third kappa shape index (κ3) is 5.28. The molecule has 1 aromatic carbocycles. The summed E-state index contributed by atoms with van der Waals surface area (Å²) in [6.45, 7) is 3.18. The van der Waals surface area contributed by atoms with Gasteiger partial charge in [-0.3, -0.25) is 14.8 Å². The zero-order valence-corrected chi connectivity index (χ0v) is 20.9. The number of hydrogen-bond donors (Lipinski definition) is 2. The number of amides is 1. The van der Waals surface area contributed by atoms with E-state index in [1.807, 2.05) is 67.7 Å². The topological polar surface area (TPSA) is 75.1 Å². The van der Waals surface area contributed by atoms with Crippen LogP contribution in [-0.2, 0) is 11.3 Å². The van der Waals surface area contributed by atoms with Crippen molar-refractivity contribution >= 4 is 28.9 Å². The number of hydrogen-bond acceptors (Lipinski definition) is 4. The minimum Gasteiger partial charge on any atom is -0.352 e. The summed E-state index contributed by atoms with van der Waals surface area (Å²) in [4.78, 5) is 23.8. The van der Waals surface area contributed by atoms with Gasteiger partial charge in [0.2, 0.25) is 5.91 Å². The van der Waals surface area contributed by atoms with E-state index in [1.165, 1.54) is 0 Å². The number of benzene rings is 1. The second kappa shape index (κ2) is 10.7. The number of rotatable bonds is 8. The number of pyridine rings is 2. The molecule has 0 saturated carbocycles. The van der Waals surface area contributed by atoms with Crippen LogP contribution in [0.2, 0.25) is 0 Å². The van der Waals surface area contributed by atoms with Crippen LogP contribution in [0.1, 0.15) is 41.0 Å². The van der Waals surface area contributed by atoms with E-state index in [0.29, 0.717) is 24.6 Å². The highest BCUT2D eigenvalue weighted by atomic mass is 32.1. The second-order valence-electron chi connectivity index (χ2n) is 8.91. The molecule has 36 heavy (non-hydrogen) atoms. The molecule has 1 saturated heterocycles. The van der Waals surface area contributed by atoms with E-state index in [-0.39, 0.29) is 18.0 Å². The van der Waals surface area contributed by atoms with Gasteiger partial charge < -0.3 is 20.1 Å². The molecule has 0 aliphatic carbocycles. The number of carbonyl (C=O) groups is 1. The maximum Gasteiger partial charge on any atom is 0.226 e. The van der Waals surface area contributed by atoms with E-state index < -0.39 is 0 Å². The Morgan fingerprint density at radius 3 is 2.78 bits per heavy atom. The Labute approximate surface area is 216 Å². The van der Waals surface area contributed by atoms with E-state index in [2.05, 4.69) is 48.4 Å². The number of aryl methyl sites for hydroxylation is 1. The van der Waals surface area contributed by atoms with Gasteiger partial charge in [0.1, 0.15) is 0 Å². The Bertz CT molecular complexity index is 1340. The highest BCUT2D eigenvalue weighted by molar-refractivity contribution is 7.80. The van der Waals surface area contributed by atoms with Crippen molar-refractivity contribution in [2.45, 2.75) is 32.0 Å². The molecular weight excluding hydrogens is 468 g/mol. The predicted molar refractivity (Wildman–Crippen MR) is 144 cm³/mol. The van der Waals surface area contributed by atoms with Crippen LogP contribution in [0.4, 0.5) is 5.69 Å². The number of aromatic nitrogens is 3. The van der Waals surface area contributed by atoms with Crippen molar-refractivity contribution in [2.75, 3.05) is 11.9 Å². The van der Waals surface area contributed by atoms with Gasteiger partial charge in [-0.2, -0.15) is 0 Å². The zero-order chi connectivity index (χ0) is 24.9. The molecule has 3 aromatic heterocycles. The smallest absolute Gasteiger partial charge is 0.226 e. The lowest BCUT2D eigenvalue weighted by molar-refractivity contribution is -0.116. The third-order valence-corrected chi connectivity index (χ3v) is 6.68. The second-order valence-corrected chi connectivity index (χ2v) is 9.30. The molecule has 2 N–H and O–H groups in total. The standard InChI is InChI=1S/C28H28N6OS/c1-20-7-4-9-22(17-20)31-25(35)12-16-34-27(26(32-28(34)36)23-10-2-3-14-30-23)24-11-6-15-33(24)19-21-8-5-13-29-18-21/h2-11,13-15,17-18,26-27H,12,16,19H2,1H3,(H,31,35)(H,32,36)/t26-,27+/m1/s1. The fraction of sp³-hybridized carbons (Fsp3) is 0.214. The fourth-order valence-electron chi connectivity index (χ4n) is 4.66. The van der Waals surface area contributed by atoms with Gasteiger partial charge in [0.25, 0.3) is 0 Å². The van der Waals surface area contributed by atoms with Crippen molar-refractivity contribution in [2.24, 2.45) is 0 Å². The number of nitrogens with zero attached hydrogens (tertiary/aromatic N) is 4. The van der Waals surface area contributed by atoms with Crippen molar-refractivity contribution in [1.82, 2.24) is 24.8 Å².